The number of benzene rings is 1. The molecule has 0 radical (unpaired) electrons. The number of thiophene rings is 1. The third kappa shape index (κ3) is 3.80. The lowest BCUT2D eigenvalue weighted by molar-refractivity contribution is 0.0478. The van der Waals surface area contributed by atoms with E-state index in [0.717, 1.165) is 16.9 Å². The second-order valence-electron chi connectivity index (χ2n) is 5.92. The Morgan fingerprint density at radius 3 is 2.57 bits per heavy atom. The first-order chi connectivity index (χ1) is 13.4. The maximum Gasteiger partial charge on any atom is 0.350 e. The Morgan fingerprint density at radius 1 is 1.21 bits per heavy atom. The van der Waals surface area contributed by atoms with E-state index in [0.29, 0.717) is 27.0 Å². The summed E-state index contributed by atoms with van der Waals surface area (Å²) >= 11 is 1.12. The van der Waals surface area contributed by atoms with Crippen molar-refractivity contribution < 1.29 is 19.1 Å². The van der Waals surface area contributed by atoms with Crippen molar-refractivity contribution in [1.82, 2.24) is 4.98 Å². The third-order valence-corrected chi connectivity index (χ3v) is 5.14. The summed E-state index contributed by atoms with van der Waals surface area (Å²) in [7, 11) is 0. The number of rotatable bonds is 5. The molecule has 0 unspecified atom stereocenters. The van der Waals surface area contributed by atoms with E-state index >= 15 is 0 Å². The Hall–Kier alpha value is -3.44. The number of carbonyl (C=O) groups excluding carboxylic acids is 2. The zero-order valence-electron chi connectivity index (χ0n) is 15.3. The zero-order chi connectivity index (χ0) is 20.3. The van der Waals surface area contributed by atoms with Crippen LogP contribution >= 0.6 is 11.3 Å². The first kappa shape index (κ1) is 19.3. The van der Waals surface area contributed by atoms with Crippen molar-refractivity contribution >= 4 is 39.2 Å². The Bertz CT molecular complexity index is 1100. The number of esters is 2. The van der Waals surface area contributed by atoms with Gasteiger partial charge in [0.2, 0.25) is 0 Å². The summed E-state index contributed by atoms with van der Waals surface area (Å²) in [4.78, 5) is 29.7. The number of nitrogens with zero attached hydrogens (tertiary/aromatic N) is 2. The molecule has 0 bridgehead atoms. The van der Waals surface area contributed by atoms with Gasteiger partial charge in [-0.2, -0.15) is 5.26 Å². The predicted octanol–water partition coefficient (Wildman–Crippen LogP) is 3.59. The van der Waals surface area contributed by atoms with Gasteiger partial charge in [0.15, 0.2) is 0 Å². The average Bonchev–Trinajstić information content (AvgIpc) is 3.01. The number of nitriles is 1. The van der Waals surface area contributed by atoms with E-state index in [1.807, 2.05) is 6.07 Å². The molecule has 0 spiro atoms. The molecule has 3 aromatic rings. The number of hydrogen-bond acceptors (Lipinski definition) is 8. The second kappa shape index (κ2) is 8.06. The van der Waals surface area contributed by atoms with E-state index in [1.54, 1.807) is 44.2 Å². The monoisotopic (exact) mass is 395 g/mol. The van der Waals surface area contributed by atoms with Crippen LogP contribution in [-0.2, 0) is 16.1 Å². The first-order valence-electron chi connectivity index (χ1n) is 8.47. The lowest BCUT2D eigenvalue weighted by Gasteiger charge is -2.05. The summed E-state index contributed by atoms with van der Waals surface area (Å²) in [6.45, 7) is 3.73. The molecule has 28 heavy (non-hydrogen) atoms. The fourth-order valence-electron chi connectivity index (χ4n) is 2.59. The molecule has 2 aromatic heterocycles. The third-order valence-electron chi connectivity index (χ3n) is 4.05. The highest BCUT2D eigenvalue weighted by atomic mass is 32.1. The van der Waals surface area contributed by atoms with Crippen LogP contribution in [0.25, 0.3) is 10.2 Å². The van der Waals surface area contributed by atoms with Gasteiger partial charge in [0.1, 0.15) is 16.3 Å². The SMILES string of the molecule is CCOC(=O)c1cc2c(N)c(C(=O)OCc3ccc(C#N)cc3)sc2nc1C. The van der Waals surface area contributed by atoms with E-state index in [9.17, 15) is 9.59 Å². The van der Waals surface area contributed by atoms with Gasteiger partial charge in [-0.25, -0.2) is 14.6 Å². The number of anilines is 1. The normalized spacial score (nSPS) is 10.5. The van der Waals surface area contributed by atoms with Crippen molar-refractivity contribution in [2.24, 2.45) is 0 Å². The lowest BCUT2D eigenvalue weighted by atomic mass is 10.1. The molecule has 2 N–H and O–H groups in total. The quantitative estimate of drug-likeness (QED) is 0.656. The highest BCUT2D eigenvalue weighted by molar-refractivity contribution is 7.21. The van der Waals surface area contributed by atoms with Crippen LogP contribution in [0, 0.1) is 18.3 Å². The van der Waals surface area contributed by atoms with Crippen LogP contribution in [0.2, 0.25) is 0 Å². The van der Waals surface area contributed by atoms with Crippen LogP contribution in [0.4, 0.5) is 5.69 Å². The number of hydrogen-bond donors (Lipinski definition) is 1. The van der Waals surface area contributed by atoms with Crippen molar-refractivity contribution in [2.75, 3.05) is 12.3 Å². The number of fused-ring (bicyclic) bond motifs is 1. The molecule has 142 valence electrons. The van der Waals surface area contributed by atoms with Gasteiger partial charge >= 0.3 is 11.9 Å². The highest BCUT2D eigenvalue weighted by Crippen LogP contribution is 2.34. The minimum Gasteiger partial charge on any atom is -0.462 e. The minimum atomic E-state index is -0.569. The molecule has 0 saturated heterocycles. The number of pyridine rings is 1. The molecule has 0 fully saturated rings. The second-order valence-corrected chi connectivity index (χ2v) is 6.92. The fourth-order valence-corrected chi connectivity index (χ4v) is 3.60. The molecule has 0 saturated carbocycles. The molecule has 0 aliphatic rings. The summed E-state index contributed by atoms with van der Waals surface area (Å²) in [6.07, 6.45) is 0. The fraction of sp³-hybridized carbons (Fsp3) is 0.200. The van der Waals surface area contributed by atoms with Gasteiger partial charge in [-0.05, 0) is 37.6 Å². The molecule has 8 heteroatoms. The van der Waals surface area contributed by atoms with Crippen LogP contribution in [0.5, 0.6) is 0 Å². The largest absolute Gasteiger partial charge is 0.462 e. The maximum atomic E-state index is 12.5. The van der Waals surface area contributed by atoms with Crippen LogP contribution in [0.3, 0.4) is 0 Å². The van der Waals surface area contributed by atoms with Gasteiger partial charge in [-0.1, -0.05) is 12.1 Å². The Balaban J connectivity index is 1.84. The van der Waals surface area contributed by atoms with Gasteiger partial charge < -0.3 is 15.2 Å². The highest BCUT2D eigenvalue weighted by Gasteiger charge is 2.21. The van der Waals surface area contributed by atoms with Gasteiger partial charge in [-0.15, -0.1) is 11.3 Å². The maximum absolute atomic E-state index is 12.5. The predicted molar refractivity (Wildman–Crippen MR) is 105 cm³/mol. The van der Waals surface area contributed by atoms with Crippen LogP contribution in [-0.4, -0.2) is 23.5 Å². The summed E-state index contributed by atoms with van der Waals surface area (Å²) in [5, 5.41) is 9.33. The van der Waals surface area contributed by atoms with Gasteiger partial charge in [0.05, 0.1) is 35.2 Å². The van der Waals surface area contributed by atoms with Gasteiger partial charge in [-0.3, -0.25) is 0 Å². The molecule has 0 aliphatic heterocycles. The molecular formula is C20H17N3O4S. The Morgan fingerprint density at radius 2 is 1.93 bits per heavy atom. The van der Waals surface area contributed by atoms with E-state index in [2.05, 4.69) is 4.98 Å². The summed E-state index contributed by atoms with van der Waals surface area (Å²) in [5.74, 6) is -1.05. The number of carbonyl (C=O) groups is 2. The van der Waals surface area contributed by atoms with E-state index in [1.165, 1.54) is 0 Å². The van der Waals surface area contributed by atoms with Crippen molar-refractivity contribution in [3.8, 4) is 6.07 Å². The summed E-state index contributed by atoms with van der Waals surface area (Å²) < 4.78 is 10.4. The van der Waals surface area contributed by atoms with Crippen molar-refractivity contribution in [3.05, 3.63) is 57.6 Å². The number of nitrogens with two attached hydrogens (primary N) is 1. The Labute approximate surface area is 165 Å². The van der Waals surface area contributed by atoms with Crippen molar-refractivity contribution in [3.63, 3.8) is 0 Å². The number of aryl methyl sites for hydroxylation is 1. The average molecular weight is 395 g/mol. The minimum absolute atomic E-state index is 0.0543. The molecule has 2 heterocycles. The molecule has 0 aliphatic carbocycles. The lowest BCUT2D eigenvalue weighted by Crippen LogP contribution is -2.08. The van der Waals surface area contributed by atoms with Crippen LogP contribution < -0.4 is 5.73 Å². The topological polar surface area (TPSA) is 115 Å². The molecule has 0 atom stereocenters. The van der Waals surface area contributed by atoms with Crippen molar-refractivity contribution in [2.45, 2.75) is 20.5 Å². The molecule has 7 nitrogen and oxygen atoms in total. The van der Waals surface area contributed by atoms with E-state index in [4.69, 9.17) is 20.5 Å². The van der Waals surface area contributed by atoms with E-state index in [-0.39, 0.29) is 23.8 Å². The molecule has 0 amide bonds. The zero-order valence-corrected chi connectivity index (χ0v) is 16.1. The van der Waals surface area contributed by atoms with Crippen LogP contribution in [0.15, 0.2) is 30.3 Å². The number of ether oxygens (including phenoxy) is 2. The first-order valence-corrected chi connectivity index (χ1v) is 9.29. The standard InChI is InChI=1S/C20H17N3O4S/c1-3-26-19(24)14-8-15-16(22)17(28-18(15)23-11(14)2)20(25)27-10-13-6-4-12(9-21)5-7-13/h4-8H,3,10,22H2,1-2H3. The molecular weight excluding hydrogens is 378 g/mol. The Kier molecular flexibility index (Phi) is 5.57. The van der Waals surface area contributed by atoms with Gasteiger partial charge in [0, 0.05) is 5.39 Å². The van der Waals surface area contributed by atoms with Gasteiger partial charge in [0.25, 0.3) is 0 Å². The summed E-state index contributed by atoms with van der Waals surface area (Å²) in [5.41, 5.74) is 8.45. The van der Waals surface area contributed by atoms with E-state index < -0.39 is 11.9 Å². The van der Waals surface area contributed by atoms with Crippen LogP contribution in [0.1, 0.15) is 43.8 Å². The molecule has 3 rings (SSSR count). The number of aromatic nitrogens is 1. The smallest absolute Gasteiger partial charge is 0.350 e. The number of nitrogen functional groups attached to an aromatic ring is 1. The van der Waals surface area contributed by atoms with Crippen molar-refractivity contribution in [1.29, 1.82) is 5.26 Å². The summed E-state index contributed by atoms with van der Waals surface area (Å²) in [6, 6.07) is 10.4. The molecule has 1 aromatic carbocycles.